The van der Waals surface area contributed by atoms with Crippen molar-refractivity contribution in [2.75, 3.05) is 11.5 Å². The predicted molar refractivity (Wildman–Crippen MR) is 133 cm³/mol. The lowest BCUT2D eigenvalue weighted by atomic mass is 9.85. The number of aliphatic hydroxyl groups excluding tert-OH is 1. The topological polar surface area (TPSA) is 92.9 Å². The number of aryl methyl sites for hydroxylation is 1. The van der Waals surface area contributed by atoms with Gasteiger partial charge >= 0.3 is 5.91 Å². The Labute approximate surface area is 205 Å². The molecule has 1 saturated heterocycles. The molecule has 2 aromatic carbocycles. The lowest BCUT2D eigenvalue weighted by Crippen LogP contribution is -2.29. The van der Waals surface area contributed by atoms with E-state index in [1.807, 2.05) is 31.2 Å². The van der Waals surface area contributed by atoms with Gasteiger partial charge in [-0.3, -0.25) is 14.5 Å². The fraction of sp³-hybridized carbons (Fsp3) is 0.321. The fourth-order valence-electron chi connectivity index (χ4n) is 4.10. The van der Waals surface area contributed by atoms with Gasteiger partial charge in [0.25, 0.3) is 5.78 Å². The highest BCUT2D eigenvalue weighted by Crippen LogP contribution is 2.42. The number of aromatic nitrogens is 1. The van der Waals surface area contributed by atoms with Crippen molar-refractivity contribution in [1.82, 2.24) is 5.16 Å². The number of carbonyl (C=O) groups excluding carboxylic acids is 2. The molecular weight excluding hydrogens is 444 g/mol. The lowest BCUT2D eigenvalue weighted by molar-refractivity contribution is -0.132. The molecule has 3 aromatic rings. The first-order valence-electron chi connectivity index (χ1n) is 11.7. The molecule has 1 aromatic heterocycles. The first-order chi connectivity index (χ1) is 16.6. The van der Waals surface area contributed by atoms with Crippen molar-refractivity contribution in [3.63, 3.8) is 0 Å². The second kappa shape index (κ2) is 9.41. The van der Waals surface area contributed by atoms with Crippen LogP contribution >= 0.6 is 0 Å². The molecule has 0 radical (unpaired) electrons. The molecule has 2 heterocycles. The first kappa shape index (κ1) is 24.3. The van der Waals surface area contributed by atoms with Crippen LogP contribution in [0.25, 0.3) is 5.76 Å². The maximum absolute atomic E-state index is 13.2. The highest BCUT2D eigenvalue weighted by molar-refractivity contribution is 6.51. The van der Waals surface area contributed by atoms with Gasteiger partial charge in [-0.2, -0.15) is 0 Å². The Morgan fingerprint density at radius 1 is 1.09 bits per heavy atom. The molecule has 4 rings (SSSR count). The summed E-state index contributed by atoms with van der Waals surface area (Å²) in [7, 11) is 0. The summed E-state index contributed by atoms with van der Waals surface area (Å²) in [5, 5.41) is 15.2. The van der Waals surface area contributed by atoms with Crippen molar-refractivity contribution in [2.45, 2.75) is 52.5 Å². The number of carbonyl (C=O) groups is 2. The Bertz CT molecular complexity index is 1260. The molecule has 1 fully saturated rings. The molecule has 1 N–H and O–H groups in total. The van der Waals surface area contributed by atoms with E-state index in [-0.39, 0.29) is 22.6 Å². The summed E-state index contributed by atoms with van der Waals surface area (Å²) in [5.41, 5.74) is 2.15. The Morgan fingerprint density at radius 2 is 1.74 bits per heavy atom. The normalized spacial score (nSPS) is 17.7. The summed E-state index contributed by atoms with van der Waals surface area (Å²) < 4.78 is 10.8. The second-order valence-electron chi connectivity index (χ2n) is 9.71. The molecule has 1 aliphatic rings. The van der Waals surface area contributed by atoms with E-state index in [0.29, 0.717) is 29.2 Å². The highest BCUT2D eigenvalue weighted by atomic mass is 16.5. The molecule has 7 nitrogen and oxygen atoms in total. The van der Waals surface area contributed by atoms with Gasteiger partial charge in [-0.25, -0.2) is 0 Å². The van der Waals surface area contributed by atoms with Crippen molar-refractivity contribution in [2.24, 2.45) is 0 Å². The van der Waals surface area contributed by atoms with Gasteiger partial charge in [0.15, 0.2) is 5.82 Å². The van der Waals surface area contributed by atoms with Gasteiger partial charge < -0.3 is 14.4 Å². The number of ether oxygens (including phenoxy) is 1. The summed E-state index contributed by atoms with van der Waals surface area (Å²) in [6.07, 6.45) is 0.876. The minimum Gasteiger partial charge on any atom is -0.507 e. The van der Waals surface area contributed by atoms with E-state index in [4.69, 9.17) is 9.26 Å². The van der Waals surface area contributed by atoms with Crippen molar-refractivity contribution >= 4 is 23.3 Å². The van der Waals surface area contributed by atoms with Gasteiger partial charge in [0.05, 0.1) is 18.2 Å². The van der Waals surface area contributed by atoms with Crippen LogP contribution in [0.5, 0.6) is 5.75 Å². The number of Topliss-reactive ketones (excluding diaryl/α,β-unsaturated/α-hetero) is 1. The molecule has 182 valence electrons. The van der Waals surface area contributed by atoms with E-state index in [1.165, 1.54) is 4.90 Å². The maximum atomic E-state index is 13.2. The molecule has 0 unspecified atom stereocenters. The lowest BCUT2D eigenvalue weighted by Gasteiger charge is -2.24. The predicted octanol–water partition coefficient (Wildman–Crippen LogP) is 5.70. The van der Waals surface area contributed by atoms with Crippen molar-refractivity contribution in [1.29, 1.82) is 0 Å². The number of benzene rings is 2. The number of amides is 1. The van der Waals surface area contributed by atoms with Gasteiger partial charge in [-0.15, -0.1) is 0 Å². The third-order valence-electron chi connectivity index (χ3n) is 6.00. The monoisotopic (exact) mass is 474 g/mol. The third-order valence-corrected chi connectivity index (χ3v) is 6.00. The van der Waals surface area contributed by atoms with Crippen LogP contribution in [-0.4, -0.2) is 28.6 Å². The van der Waals surface area contributed by atoms with Gasteiger partial charge in [-0.1, -0.05) is 57.1 Å². The van der Waals surface area contributed by atoms with Gasteiger partial charge in [0.2, 0.25) is 0 Å². The molecule has 0 saturated carbocycles. The van der Waals surface area contributed by atoms with E-state index >= 15 is 0 Å². The van der Waals surface area contributed by atoms with Crippen LogP contribution in [0.3, 0.4) is 0 Å². The molecule has 1 aliphatic heterocycles. The standard InChI is InChI=1S/C28H30N2O5/c1-6-15-34-21-13-9-19(10-14-21)25(31)23-24(18-7-11-20(12-8-18)28(3,4)5)30(27(33)26(23)32)22-16-17(2)35-29-22/h7-14,16,24,31H,6,15H2,1-5H3/t24-/m1/s1. The van der Waals surface area contributed by atoms with E-state index in [2.05, 4.69) is 25.9 Å². The largest absolute Gasteiger partial charge is 0.507 e. The van der Waals surface area contributed by atoms with Crippen LogP contribution in [0.4, 0.5) is 5.82 Å². The van der Waals surface area contributed by atoms with Crippen molar-refractivity contribution in [3.05, 3.63) is 82.6 Å². The molecule has 0 aliphatic carbocycles. The van der Waals surface area contributed by atoms with Crippen LogP contribution in [0.2, 0.25) is 0 Å². The number of hydrogen-bond acceptors (Lipinski definition) is 6. The van der Waals surface area contributed by atoms with Crippen LogP contribution in [0.15, 0.2) is 64.7 Å². The molecule has 0 spiro atoms. The molecule has 35 heavy (non-hydrogen) atoms. The minimum atomic E-state index is -0.857. The zero-order chi connectivity index (χ0) is 25.3. The quantitative estimate of drug-likeness (QED) is 0.280. The average molecular weight is 475 g/mol. The van der Waals surface area contributed by atoms with Crippen molar-refractivity contribution in [3.8, 4) is 5.75 Å². The van der Waals surface area contributed by atoms with Crippen LogP contribution in [-0.2, 0) is 15.0 Å². The van der Waals surface area contributed by atoms with Crippen LogP contribution in [0.1, 0.15) is 62.6 Å². The SMILES string of the molecule is CCCOc1ccc(C(O)=C2C(=O)C(=O)N(c3cc(C)on3)[C@@H]2c2ccc(C(C)(C)C)cc2)cc1. The van der Waals surface area contributed by atoms with Gasteiger partial charge in [0.1, 0.15) is 17.3 Å². The number of rotatable bonds is 6. The van der Waals surface area contributed by atoms with Crippen LogP contribution < -0.4 is 9.64 Å². The summed E-state index contributed by atoms with van der Waals surface area (Å²) in [4.78, 5) is 27.7. The zero-order valence-electron chi connectivity index (χ0n) is 20.7. The number of anilines is 1. The fourth-order valence-corrected chi connectivity index (χ4v) is 4.10. The number of hydrogen-bond donors (Lipinski definition) is 1. The minimum absolute atomic E-state index is 0.00129. The summed E-state index contributed by atoms with van der Waals surface area (Å²) >= 11 is 0. The summed E-state index contributed by atoms with van der Waals surface area (Å²) in [5.74, 6) is -0.412. The average Bonchev–Trinajstić information content (AvgIpc) is 3.37. The van der Waals surface area contributed by atoms with E-state index in [0.717, 1.165) is 12.0 Å². The number of ketones is 1. The van der Waals surface area contributed by atoms with E-state index < -0.39 is 17.7 Å². The Hall–Kier alpha value is -3.87. The number of nitrogens with zero attached hydrogens (tertiary/aromatic N) is 2. The van der Waals surface area contributed by atoms with E-state index in [1.54, 1.807) is 37.3 Å². The van der Waals surface area contributed by atoms with Gasteiger partial charge in [-0.05, 0) is 54.2 Å². The van der Waals surface area contributed by atoms with Gasteiger partial charge in [0, 0.05) is 11.6 Å². The van der Waals surface area contributed by atoms with E-state index in [9.17, 15) is 14.7 Å². The highest BCUT2D eigenvalue weighted by Gasteiger charge is 2.48. The second-order valence-corrected chi connectivity index (χ2v) is 9.71. The third kappa shape index (κ3) is 4.71. The Kier molecular flexibility index (Phi) is 6.52. The summed E-state index contributed by atoms with van der Waals surface area (Å²) in [6, 6.07) is 15.3. The molecular formula is C28H30N2O5. The molecule has 1 atom stereocenters. The summed E-state index contributed by atoms with van der Waals surface area (Å²) in [6.45, 7) is 10.6. The molecule has 1 amide bonds. The Morgan fingerprint density at radius 3 is 2.29 bits per heavy atom. The van der Waals surface area contributed by atoms with Crippen molar-refractivity contribution < 1.29 is 24.0 Å². The smallest absolute Gasteiger partial charge is 0.301 e. The number of aliphatic hydroxyl groups is 1. The van der Waals surface area contributed by atoms with Crippen LogP contribution in [0, 0.1) is 6.92 Å². The Balaban J connectivity index is 1.83. The zero-order valence-corrected chi connectivity index (χ0v) is 20.7. The first-order valence-corrected chi connectivity index (χ1v) is 11.7. The molecule has 7 heteroatoms. The maximum Gasteiger partial charge on any atom is 0.301 e. The molecule has 0 bridgehead atoms.